The van der Waals surface area contributed by atoms with Gasteiger partial charge in [-0.1, -0.05) is 147 Å². The first kappa shape index (κ1) is 48.4. The van der Waals surface area contributed by atoms with Crippen LogP contribution in [0, 0.1) is 0 Å². The number of carbonyl (C=O) groups excluding carboxylic acids is 2. The Hall–Kier alpha value is -4.54. The molecule has 13 nitrogen and oxygen atoms in total. The number of ether oxygens (including phenoxy) is 11. The number of carbonyl (C=O) groups is 2. The zero-order valence-corrected chi connectivity index (χ0v) is 37.5. The van der Waals surface area contributed by atoms with E-state index in [1.807, 2.05) is 121 Å². The molecule has 3 saturated heterocycles. The molecule has 3 fully saturated rings. The van der Waals surface area contributed by atoms with Crippen LogP contribution < -0.4 is 0 Å². The monoisotopic (exact) mass is 896 g/mol. The Bertz CT molecular complexity index is 1950. The summed E-state index contributed by atoms with van der Waals surface area (Å²) in [7, 11) is 1.41. The number of fused-ring (bicyclic) bond motifs is 1. The second-order valence-corrected chi connectivity index (χ2v) is 16.7. The van der Waals surface area contributed by atoms with Gasteiger partial charge in [0.1, 0.15) is 24.4 Å². The van der Waals surface area contributed by atoms with Crippen LogP contribution in [0.2, 0.25) is 0 Å². The summed E-state index contributed by atoms with van der Waals surface area (Å²) in [6.45, 7) is 3.14. The van der Waals surface area contributed by atoms with Crippen molar-refractivity contribution in [1.82, 2.24) is 0 Å². The van der Waals surface area contributed by atoms with Crippen LogP contribution in [0.25, 0.3) is 0 Å². The fraction of sp³-hybridized carbons (Fsp3) is 0.500. The summed E-state index contributed by atoms with van der Waals surface area (Å²) in [4.78, 5) is 24.5. The Morgan fingerprint density at radius 3 is 1.83 bits per heavy atom. The summed E-state index contributed by atoms with van der Waals surface area (Å²) >= 11 is 0. The van der Waals surface area contributed by atoms with Gasteiger partial charge in [-0.2, -0.15) is 0 Å². The van der Waals surface area contributed by atoms with Crippen molar-refractivity contribution in [3.8, 4) is 0 Å². The van der Waals surface area contributed by atoms with Crippen molar-refractivity contribution in [2.75, 3.05) is 26.9 Å². The molecule has 0 aromatic heterocycles. The molecule has 0 saturated carbocycles. The van der Waals surface area contributed by atoms with Gasteiger partial charge in [0.25, 0.3) is 0 Å². The Morgan fingerprint density at radius 1 is 0.615 bits per heavy atom. The number of unbranched alkanes of at least 4 members (excludes halogenated alkanes) is 5. The molecule has 7 rings (SSSR count). The van der Waals surface area contributed by atoms with E-state index in [1.165, 1.54) is 14.0 Å². The Labute approximate surface area is 382 Å². The van der Waals surface area contributed by atoms with Gasteiger partial charge < -0.3 is 52.1 Å². The minimum Gasteiger partial charge on any atom is -0.469 e. The number of methoxy groups -OCH3 is 1. The number of rotatable bonds is 24. The molecule has 0 aliphatic carbocycles. The summed E-state index contributed by atoms with van der Waals surface area (Å²) in [5, 5.41) is 0. The predicted molar refractivity (Wildman–Crippen MR) is 239 cm³/mol. The van der Waals surface area contributed by atoms with Crippen LogP contribution in [-0.2, 0) is 81.5 Å². The molecule has 3 heterocycles. The van der Waals surface area contributed by atoms with Crippen LogP contribution in [0.5, 0.6) is 0 Å². The molecular formula is C52H64O13. The standard InChI is InChI=1S/C52H64O13/c1-37(53)61-48-47-45(36-60-50(64-47)41-27-17-10-18-28-41)63-52(57-30-20-6-4-3-5-19-29-46(54)55-2)49(48)65-51-43(59-34-40-25-15-9-16-26-40)31-42(58-33-39-23-13-8-14-24-39)44(62-51)35-56-32-38-21-11-7-12-22-38/h7-18,21-28,42-45,47-52H,3-6,19-20,29-36H2,1-2H3/t42-,43+,44+,45+,47+,48-,49+,50?,51+,52-/m0/s1. The van der Waals surface area contributed by atoms with E-state index in [9.17, 15) is 9.59 Å². The van der Waals surface area contributed by atoms with E-state index in [2.05, 4.69) is 0 Å². The van der Waals surface area contributed by atoms with Crippen molar-refractivity contribution >= 4 is 11.9 Å². The summed E-state index contributed by atoms with van der Waals surface area (Å²) in [5.74, 6) is -0.693. The molecule has 0 N–H and O–H groups in total. The lowest BCUT2D eigenvalue weighted by Gasteiger charge is -2.50. The molecule has 4 aromatic rings. The molecular weight excluding hydrogens is 833 g/mol. The average Bonchev–Trinajstić information content (AvgIpc) is 3.34. The van der Waals surface area contributed by atoms with Gasteiger partial charge in [-0.05, 0) is 29.5 Å². The maximum Gasteiger partial charge on any atom is 0.305 e. The Balaban J connectivity index is 1.13. The first-order valence-electron chi connectivity index (χ1n) is 23.0. The number of benzene rings is 4. The maximum absolute atomic E-state index is 13.0. The van der Waals surface area contributed by atoms with Crippen LogP contribution in [-0.4, -0.2) is 94.2 Å². The third kappa shape index (κ3) is 15.0. The molecule has 0 radical (unpaired) electrons. The normalized spacial score (nSPS) is 26.5. The predicted octanol–water partition coefficient (Wildman–Crippen LogP) is 8.57. The first-order chi connectivity index (χ1) is 31.9. The van der Waals surface area contributed by atoms with Crippen molar-refractivity contribution < 1.29 is 61.7 Å². The lowest BCUT2D eigenvalue weighted by molar-refractivity contribution is -0.391. The highest BCUT2D eigenvalue weighted by atomic mass is 16.8. The summed E-state index contributed by atoms with van der Waals surface area (Å²) in [6.07, 6.45) is -1.50. The third-order valence-electron chi connectivity index (χ3n) is 11.7. The molecule has 10 atom stereocenters. The highest BCUT2D eigenvalue weighted by Crippen LogP contribution is 2.39. The molecule has 3 aliphatic heterocycles. The SMILES string of the molecule is COC(=O)CCCCCCCCO[C@H]1O[C@@H]2COC(c3ccccc3)O[C@H]2[C@H](OC(C)=O)[C@H]1O[C@H]1O[C@H](COCc2ccccc2)[C@@H](OCc2ccccc2)C[C@H]1OCc1ccccc1. The topological polar surface area (TPSA) is 136 Å². The van der Waals surface area contributed by atoms with Crippen LogP contribution in [0.4, 0.5) is 0 Å². The van der Waals surface area contributed by atoms with Crippen LogP contribution in [0.15, 0.2) is 121 Å². The minimum atomic E-state index is -1.01. The van der Waals surface area contributed by atoms with E-state index in [-0.39, 0.29) is 25.8 Å². The van der Waals surface area contributed by atoms with Crippen LogP contribution in [0.3, 0.4) is 0 Å². The summed E-state index contributed by atoms with van der Waals surface area (Å²) in [5.41, 5.74) is 3.86. The van der Waals surface area contributed by atoms with Crippen molar-refractivity contribution in [1.29, 1.82) is 0 Å². The zero-order valence-electron chi connectivity index (χ0n) is 37.5. The highest BCUT2D eigenvalue weighted by Gasteiger charge is 2.55. The van der Waals surface area contributed by atoms with Crippen LogP contribution in [0.1, 0.15) is 86.8 Å². The molecule has 0 amide bonds. The van der Waals surface area contributed by atoms with Gasteiger partial charge in [0, 0.05) is 31.9 Å². The molecule has 350 valence electrons. The Kier molecular flexibility index (Phi) is 19.3. The van der Waals surface area contributed by atoms with E-state index in [1.54, 1.807) is 0 Å². The van der Waals surface area contributed by atoms with E-state index in [0.717, 1.165) is 60.8 Å². The van der Waals surface area contributed by atoms with Gasteiger partial charge in [0.15, 0.2) is 31.1 Å². The second kappa shape index (κ2) is 26.0. The quantitative estimate of drug-likeness (QED) is 0.0492. The number of hydrogen-bond donors (Lipinski definition) is 0. The van der Waals surface area contributed by atoms with Gasteiger partial charge in [-0.25, -0.2) is 0 Å². The van der Waals surface area contributed by atoms with Crippen molar-refractivity contribution in [3.63, 3.8) is 0 Å². The van der Waals surface area contributed by atoms with E-state index in [4.69, 9.17) is 52.1 Å². The number of hydrogen-bond acceptors (Lipinski definition) is 13. The van der Waals surface area contributed by atoms with Crippen LogP contribution >= 0.6 is 0 Å². The molecule has 65 heavy (non-hydrogen) atoms. The van der Waals surface area contributed by atoms with Gasteiger partial charge >= 0.3 is 11.9 Å². The molecule has 13 heteroatoms. The lowest BCUT2D eigenvalue weighted by Crippen LogP contribution is -2.65. The second-order valence-electron chi connectivity index (χ2n) is 16.7. The van der Waals surface area contributed by atoms with E-state index < -0.39 is 67.6 Å². The van der Waals surface area contributed by atoms with Gasteiger partial charge in [0.2, 0.25) is 0 Å². The molecule has 1 unspecified atom stereocenters. The van der Waals surface area contributed by atoms with E-state index >= 15 is 0 Å². The fourth-order valence-electron chi connectivity index (χ4n) is 8.32. The highest BCUT2D eigenvalue weighted by molar-refractivity contribution is 5.69. The van der Waals surface area contributed by atoms with Gasteiger partial charge in [-0.3, -0.25) is 9.59 Å². The molecule has 0 bridgehead atoms. The van der Waals surface area contributed by atoms with Crippen molar-refractivity contribution in [2.45, 2.75) is 140 Å². The van der Waals surface area contributed by atoms with Crippen molar-refractivity contribution in [3.05, 3.63) is 144 Å². The molecule has 4 aromatic carbocycles. The Morgan fingerprint density at radius 2 is 1.20 bits per heavy atom. The number of esters is 2. The summed E-state index contributed by atoms with van der Waals surface area (Å²) < 4.78 is 70.6. The van der Waals surface area contributed by atoms with E-state index in [0.29, 0.717) is 32.7 Å². The zero-order chi connectivity index (χ0) is 45.1. The maximum atomic E-state index is 13.0. The van der Waals surface area contributed by atoms with Gasteiger partial charge in [0.05, 0.1) is 46.2 Å². The smallest absolute Gasteiger partial charge is 0.305 e. The average molecular weight is 897 g/mol. The fourth-order valence-corrected chi connectivity index (χ4v) is 8.32. The largest absolute Gasteiger partial charge is 0.469 e. The lowest BCUT2D eigenvalue weighted by atomic mass is 9.96. The first-order valence-corrected chi connectivity index (χ1v) is 23.0. The molecule has 0 spiro atoms. The third-order valence-corrected chi connectivity index (χ3v) is 11.7. The van der Waals surface area contributed by atoms with Crippen molar-refractivity contribution in [2.24, 2.45) is 0 Å². The molecule has 3 aliphatic rings. The van der Waals surface area contributed by atoms with Gasteiger partial charge in [-0.15, -0.1) is 0 Å². The minimum absolute atomic E-state index is 0.171. The summed E-state index contributed by atoms with van der Waals surface area (Å²) in [6, 6.07) is 39.5.